The van der Waals surface area contributed by atoms with Crippen molar-refractivity contribution >= 4 is 11.9 Å². The largest absolute Gasteiger partial charge is 0.496 e. The first-order valence-electron chi connectivity index (χ1n) is 11.4. The van der Waals surface area contributed by atoms with Gasteiger partial charge in [0.25, 0.3) is 0 Å². The molecule has 156 valence electrons. The molecule has 6 rings (SSSR count). The number of ketones is 1. The Kier molecular flexibility index (Phi) is 5.25. The third-order valence-corrected chi connectivity index (χ3v) is 7.93. The van der Waals surface area contributed by atoms with Crippen LogP contribution in [0.2, 0.25) is 0 Å². The molecule has 5 fully saturated rings. The van der Waals surface area contributed by atoms with Crippen LogP contribution >= 0.6 is 0 Å². The van der Waals surface area contributed by atoms with Crippen molar-refractivity contribution in [3.05, 3.63) is 35.4 Å². The lowest BCUT2D eigenvalue weighted by Gasteiger charge is -2.55. The molecule has 4 heteroatoms. The number of carbonyl (C=O) groups excluding carboxylic acids is 1. The lowest BCUT2D eigenvalue weighted by molar-refractivity contribution is -0.921. The van der Waals surface area contributed by atoms with Gasteiger partial charge in [-0.3, -0.25) is 4.79 Å². The second-order valence-corrected chi connectivity index (χ2v) is 10.0. The number of rotatable bonds is 6. The monoisotopic (exact) mass is 396 g/mol. The molecule has 4 bridgehead atoms. The molecule has 1 saturated heterocycles. The van der Waals surface area contributed by atoms with Gasteiger partial charge in [0.2, 0.25) is 0 Å². The number of nitrogens with one attached hydrogen (secondary N) is 1. The van der Waals surface area contributed by atoms with Crippen LogP contribution in [-0.4, -0.2) is 39.2 Å². The summed E-state index contributed by atoms with van der Waals surface area (Å²) in [4.78, 5) is 14.8. The minimum atomic E-state index is -0.0432. The van der Waals surface area contributed by atoms with E-state index >= 15 is 0 Å². The number of hydrogen-bond donors (Lipinski definition) is 1. The van der Waals surface area contributed by atoms with E-state index in [1.165, 1.54) is 29.7 Å². The van der Waals surface area contributed by atoms with Gasteiger partial charge in [0, 0.05) is 11.0 Å². The number of morpholine rings is 1. The minimum absolute atomic E-state index is 0.0432. The number of methoxy groups -OCH3 is 1. The highest BCUT2D eigenvalue weighted by atomic mass is 16.5. The molecule has 1 N–H and O–H groups in total. The van der Waals surface area contributed by atoms with E-state index in [2.05, 4.69) is 12.1 Å². The van der Waals surface area contributed by atoms with E-state index in [4.69, 9.17) is 9.47 Å². The highest BCUT2D eigenvalue weighted by molar-refractivity contribution is 5.98. The molecule has 0 spiro atoms. The van der Waals surface area contributed by atoms with E-state index in [9.17, 15) is 4.79 Å². The van der Waals surface area contributed by atoms with Crippen LogP contribution in [0.1, 0.15) is 49.7 Å². The van der Waals surface area contributed by atoms with Gasteiger partial charge in [-0.05, 0) is 80.1 Å². The summed E-state index contributed by atoms with van der Waals surface area (Å²) in [5, 5.41) is 0. The maximum atomic E-state index is 13.3. The number of allylic oxidation sites excluding steroid dienone is 1. The summed E-state index contributed by atoms with van der Waals surface area (Å²) in [7, 11) is 1.74. The maximum Gasteiger partial charge on any atom is 0.161 e. The van der Waals surface area contributed by atoms with Crippen LogP contribution < -0.4 is 9.64 Å². The Labute approximate surface area is 174 Å². The fourth-order valence-electron chi connectivity index (χ4n) is 6.91. The van der Waals surface area contributed by atoms with E-state index in [0.29, 0.717) is 5.78 Å². The number of quaternary nitrogens is 1. The molecule has 5 aliphatic rings. The summed E-state index contributed by atoms with van der Waals surface area (Å²) in [5.74, 6) is 3.74. The van der Waals surface area contributed by atoms with Crippen molar-refractivity contribution in [3.8, 4) is 5.75 Å². The summed E-state index contributed by atoms with van der Waals surface area (Å²) in [5.41, 5.74) is 2.28. The smallest absolute Gasteiger partial charge is 0.161 e. The van der Waals surface area contributed by atoms with Crippen molar-refractivity contribution in [1.82, 2.24) is 0 Å². The molecule has 0 amide bonds. The molecule has 4 aliphatic carbocycles. The van der Waals surface area contributed by atoms with E-state index in [-0.39, 0.29) is 5.41 Å². The van der Waals surface area contributed by atoms with Gasteiger partial charge < -0.3 is 14.4 Å². The molecule has 1 aromatic carbocycles. The summed E-state index contributed by atoms with van der Waals surface area (Å²) in [6.45, 7) is 4.67. The maximum absolute atomic E-state index is 13.3. The molecular weight excluding hydrogens is 362 g/mol. The van der Waals surface area contributed by atoms with Crippen LogP contribution in [-0.2, 0) is 16.1 Å². The summed E-state index contributed by atoms with van der Waals surface area (Å²) in [6, 6.07) is 6.31. The van der Waals surface area contributed by atoms with Crippen molar-refractivity contribution < 1.29 is 19.2 Å². The van der Waals surface area contributed by atoms with Crippen LogP contribution in [0.5, 0.6) is 5.75 Å². The Morgan fingerprint density at radius 1 is 1.14 bits per heavy atom. The van der Waals surface area contributed by atoms with E-state index < -0.39 is 0 Å². The molecule has 4 saturated carbocycles. The standard InChI is InChI=1S/C25H33NO3/c1-28-23-4-2-18(13-22(23)17-26-6-8-29-9-7-26)3-5-24(27)25-14-19-10-20(15-25)12-21(11-19)16-25/h2-5,13,19-21H,6-12,14-17H2,1H3/p+1/b5-3+. The van der Waals surface area contributed by atoms with Crippen LogP contribution in [0.25, 0.3) is 6.08 Å². The fraction of sp³-hybridized carbons (Fsp3) is 0.640. The summed E-state index contributed by atoms with van der Waals surface area (Å²) < 4.78 is 11.1. The quantitative estimate of drug-likeness (QED) is 0.752. The van der Waals surface area contributed by atoms with Crippen LogP contribution in [0.15, 0.2) is 24.3 Å². The van der Waals surface area contributed by atoms with Crippen LogP contribution in [0.3, 0.4) is 0 Å². The molecule has 29 heavy (non-hydrogen) atoms. The van der Waals surface area contributed by atoms with Gasteiger partial charge in [-0.1, -0.05) is 12.1 Å². The van der Waals surface area contributed by atoms with E-state index in [0.717, 1.165) is 81.2 Å². The average molecular weight is 397 g/mol. The third-order valence-electron chi connectivity index (χ3n) is 7.93. The van der Waals surface area contributed by atoms with Crippen LogP contribution in [0, 0.1) is 23.2 Å². The van der Waals surface area contributed by atoms with Crippen molar-refractivity contribution in [1.29, 1.82) is 0 Å². The molecule has 0 aromatic heterocycles. The third kappa shape index (κ3) is 3.89. The van der Waals surface area contributed by atoms with Gasteiger partial charge in [-0.25, -0.2) is 0 Å². The van der Waals surface area contributed by atoms with Gasteiger partial charge in [0.05, 0.1) is 20.3 Å². The molecule has 0 unspecified atom stereocenters. The molecule has 0 radical (unpaired) electrons. The Balaban J connectivity index is 1.31. The highest BCUT2D eigenvalue weighted by Gasteiger charge is 2.53. The first-order chi connectivity index (χ1) is 14.1. The van der Waals surface area contributed by atoms with Gasteiger partial charge >= 0.3 is 0 Å². The highest BCUT2D eigenvalue weighted by Crippen LogP contribution is 2.60. The molecule has 1 aromatic rings. The number of benzene rings is 1. The molecular formula is C25H34NO3+. The zero-order valence-electron chi connectivity index (χ0n) is 17.6. The second kappa shape index (κ2) is 7.88. The Morgan fingerprint density at radius 2 is 1.79 bits per heavy atom. The molecule has 1 heterocycles. The van der Waals surface area contributed by atoms with Crippen molar-refractivity contribution in [3.63, 3.8) is 0 Å². The number of hydrogen-bond acceptors (Lipinski definition) is 3. The predicted molar refractivity (Wildman–Crippen MR) is 113 cm³/mol. The average Bonchev–Trinajstić information content (AvgIpc) is 2.72. The zero-order valence-corrected chi connectivity index (χ0v) is 17.6. The molecule has 1 aliphatic heterocycles. The Hall–Kier alpha value is -1.65. The Morgan fingerprint density at radius 3 is 2.41 bits per heavy atom. The summed E-state index contributed by atoms with van der Waals surface area (Å²) in [6.07, 6.45) is 11.5. The predicted octanol–water partition coefficient (Wildman–Crippen LogP) is 2.91. The van der Waals surface area contributed by atoms with Gasteiger partial charge in [0.1, 0.15) is 25.4 Å². The Bertz CT molecular complexity index is 758. The van der Waals surface area contributed by atoms with Gasteiger partial charge in [-0.15, -0.1) is 0 Å². The number of carbonyl (C=O) groups is 1. The van der Waals surface area contributed by atoms with E-state index in [1.807, 2.05) is 18.2 Å². The first kappa shape index (κ1) is 19.3. The topological polar surface area (TPSA) is 40.0 Å². The summed E-state index contributed by atoms with van der Waals surface area (Å²) >= 11 is 0. The lowest BCUT2D eigenvalue weighted by atomic mass is 9.48. The fourth-order valence-corrected chi connectivity index (χ4v) is 6.91. The second-order valence-electron chi connectivity index (χ2n) is 10.0. The zero-order chi connectivity index (χ0) is 19.8. The van der Waals surface area contributed by atoms with Crippen LogP contribution in [0.4, 0.5) is 0 Å². The van der Waals surface area contributed by atoms with Crippen molar-refractivity contribution in [2.45, 2.75) is 45.1 Å². The van der Waals surface area contributed by atoms with E-state index in [1.54, 1.807) is 7.11 Å². The van der Waals surface area contributed by atoms with Crippen molar-refractivity contribution in [2.24, 2.45) is 23.2 Å². The molecule has 4 nitrogen and oxygen atoms in total. The first-order valence-corrected chi connectivity index (χ1v) is 11.4. The van der Waals surface area contributed by atoms with Gasteiger partial charge in [0.15, 0.2) is 5.78 Å². The SMILES string of the molecule is COc1ccc(/C=C/C(=O)C23CC4CC(CC(C4)C2)C3)cc1C[NH+]1CCOCC1. The van der Waals surface area contributed by atoms with Gasteiger partial charge in [-0.2, -0.15) is 0 Å². The lowest BCUT2D eigenvalue weighted by Crippen LogP contribution is -3.12. The molecule has 0 atom stereocenters. The minimum Gasteiger partial charge on any atom is -0.496 e. The van der Waals surface area contributed by atoms with Crippen molar-refractivity contribution in [2.75, 3.05) is 33.4 Å². The normalized spacial score (nSPS) is 34.0. The number of ether oxygens (including phenoxy) is 2.